The van der Waals surface area contributed by atoms with E-state index in [2.05, 4.69) is 12.2 Å². The van der Waals surface area contributed by atoms with E-state index in [9.17, 15) is 18.0 Å². The van der Waals surface area contributed by atoms with Crippen molar-refractivity contribution in [2.75, 3.05) is 13.1 Å². The number of rotatable bonds is 4. The van der Waals surface area contributed by atoms with Crippen LogP contribution in [0, 0.1) is 11.3 Å². The maximum Gasteiger partial charge on any atom is 0.416 e. The van der Waals surface area contributed by atoms with Crippen LogP contribution < -0.4 is 11.1 Å². The summed E-state index contributed by atoms with van der Waals surface area (Å²) in [5, 5.41) is 11.0. The fraction of sp³-hybridized carbons (Fsp3) is 0.917. The summed E-state index contributed by atoms with van der Waals surface area (Å²) in [5.41, 5.74) is 4.85. The molecule has 0 bridgehead atoms. The molecule has 4 nitrogen and oxygen atoms in total. The number of hydrogen-bond donors (Lipinski definition) is 3. The van der Waals surface area contributed by atoms with E-state index in [1.807, 2.05) is 0 Å². The van der Waals surface area contributed by atoms with Crippen LogP contribution in [0.4, 0.5) is 13.2 Å². The monoisotopic (exact) mass is 282 g/mol. The molecule has 0 aliphatic heterocycles. The van der Waals surface area contributed by atoms with E-state index in [1.165, 1.54) is 0 Å². The molecule has 1 rings (SSSR count). The number of aliphatic hydroxyl groups excluding tert-OH is 1. The Labute approximate surface area is 110 Å². The standard InChI is InChI=1S/C12H21F3N2O2/c1-8-2-4-11(7-16,5-3-8)10(19)17-6-9(18)12(13,14)15/h8-9,18H,2-7,16H2,1H3,(H,17,19). The zero-order valence-corrected chi connectivity index (χ0v) is 11.0. The first-order valence-electron chi connectivity index (χ1n) is 6.44. The number of nitrogens with two attached hydrogens (primary N) is 1. The second-order valence-electron chi connectivity index (χ2n) is 5.43. The number of aliphatic hydroxyl groups is 1. The van der Waals surface area contributed by atoms with Crippen molar-refractivity contribution in [3.05, 3.63) is 0 Å². The van der Waals surface area contributed by atoms with Gasteiger partial charge in [-0.1, -0.05) is 6.92 Å². The molecule has 1 aliphatic carbocycles. The molecule has 0 heterocycles. The van der Waals surface area contributed by atoms with E-state index in [4.69, 9.17) is 10.8 Å². The van der Waals surface area contributed by atoms with Crippen molar-refractivity contribution in [3.8, 4) is 0 Å². The van der Waals surface area contributed by atoms with Crippen LogP contribution in [-0.4, -0.2) is 36.4 Å². The van der Waals surface area contributed by atoms with Crippen molar-refractivity contribution in [3.63, 3.8) is 0 Å². The summed E-state index contributed by atoms with van der Waals surface area (Å²) in [5.74, 6) is 0.0263. The van der Waals surface area contributed by atoms with Crippen LogP contribution in [0.1, 0.15) is 32.6 Å². The van der Waals surface area contributed by atoms with Crippen LogP contribution >= 0.6 is 0 Å². The van der Waals surface area contributed by atoms with Crippen molar-refractivity contribution in [1.29, 1.82) is 0 Å². The quantitative estimate of drug-likeness (QED) is 0.725. The van der Waals surface area contributed by atoms with Crippen molar-refractivity contribution >= 4 is 5.91 Å². The highest BCUT2D eigenvalue weighted by molar-refractivity contribution is 5.83. The second-order valence-corrected chi connectivity index (χ2v) is 5.43. The van der Waals surface area contributed by atoms with Crippen LogP contribution in [-0.2, 0) is 4.79 Å². The molecule has 0 spiro atoms. The topological polar surface area (TPSA) is 75.4 Å². The van der Waals surface area contributed by atoms with E-state index < -0.39 is 30.1 Å². The molecule has 0 aromatic rings. The number of nitrogens with one attached hydrogen (secondary N) is 1. The van der Waals surface area contributed by atoms with Crippen LogP contribution in [0.25, 0.3) is 0 Å². The fourth-order valence-electron chi connectivity index (χ4n) is 2.33. The van der Waals surface area contributed by atoms with Crippen molar-refractivity contribution in [2.45, 2.75) is 44.9 Å². The first-order valence-corrected chi connectivity index (χ1v) is 6.44. The molecule has 112 valence electrons. The molecule has 1 saturated carbocycles. The van der Waals surface area contributed by atoms with Gasteiger partial charge in [0.15, 0.2) is 6.10 Å². The van der Waals surface area contributed by atoms with Gasteiger partial charge < -0.3 is 16.2 Å². The lowest BCUT2D eigenvalue weighted by atomic mass is 9.70. The average Bonchev–Trinajstić information content (AvgIpc) is 2.35. The number of halogens is 3. The minimum absolute atomic E-state index is 0.119. The Balaban J connectivity index is 2.56. The van der Waals surface area contributed by atoms with E-state index in [1.54, 1.807) is 0 Å². The lowest BCUT2D eigenvalue weighted by Crippen LogP contribution is -2.51. The van der Waals surface area contributed by atoms with E-state index in [0.717, 1.165) is 12.8 Å². The molecule has 0 aromatic heterocycles. The van der Waals surface area contributed by atoms with Crippen molar-refractivity contribution < 1.29 is 23.1 Å². The summed E-state index contributed by atoms with van der Waals surface area (Å²) in [6.45, 7) is 1.37. The molecule has 0 radical (unpaired) electrons. The highest BCUT2D eigenvalue weighted by Gasteiger charge is 2.42. The van der Waals surface area contributed by atoms with Gasteiger partial charge in [0.2, 0.25) is 5.91 Å². The number of amides is 1. The van der Waals surface area contributed by atoms with Gasteiger partial charge in [0.1, 0.15) is 0 Å². The zero-order chi connectivity index (χ0) is 14.7. The molecule has 1 atom stereocenters. The Kier molecular flexibility index (Phi) is 5.20. The Bertz CT molecular complexity index is 313. The van der Waals surface area contributed by atoms with Crippen LogP contribution in [0.3, 0.4) is 0 Å². The summed E-state index contributed by atoms with van der Waals surface area (Å²) in [6.07, 6.45) is -4.41. The summed E-state index contributed by atoms with van der Waals surface area (Å²) in [7, 11) is 0. The molecule has 1 fully saturated rings. The summed E-state index contributed by atoms with van der Waals surface area (Å²) in [6, 6.07) is 0. The first-order chi connectivity index (χ1) is 8.71. The minimum Gasteiger partial charge on any atom is -0.382 e. The van der Waals surface area contributed by atoms with Gasteiger partial charge in [-0.15, -0.1) is 0 Å². The van der Waals surface area contributed by atoms with Gasteiger partial charge in [-0.2, -0.15) is 13.2 Å². The van der Waals surface area contributed by atoms with Gasteiger partial charge in [0.05, 0.1) is 12.0 Å². The molecule has 0 aromatic carbocycles. The fourth-order valence-corrected chi connectivity index (χ4v) is 2.33. The third-order valence-corrected chi connectivity index (χ3v) is 3.94. The number of alkyl halides is 3. The van der Waals surface area contributed by atoms with Gasteiger partial charge in [-0.25, -0.2) is 0 Å². The summed E-state index contributed by atoms with van der Waals surface area (Å²) in [4.78, 5) is 12.0. The van der Waals surface area contributed by atoms with Crippen LogP contribution in [0.5, 0.6) is 0 Å². The molecule has 4 N–H and O–H groups in total. The normalized spacial score (nSPS) is 29.9. The Morgan fingerprint density at radius 2 is 2.00 bits per heavy atom. The molecular weight excluding hydrogens is 261 g/mol. The molecule has 1 amide bonds. The molecule has 7 heteroatoms. The Morgan fingerprint density at radius 1 is 1.47 bits per heavy atom. The number of hydrogen-bond acceptors (Lipinski definition) is 3. The molecular formula is C12H21F3N2O2. The maximum atomic E-state index is 12.1. The predicted molar refractivity (Wildman–Crippen MR) is 64.2 cm³/mol. The van der Waals surface area contributed by atoms with Gasteiger partial charge in [0.25, 0.3) is 0 Å². The van der Waals surface area contributed by atoms with Gasteiger partial charge in [-0.3, -0.25) is 4.79 Å². The number of carbonyl (C=O) groups excluding carboxylic acids is 1. The van der Waals surface area contributed by atoms with E-state index in [0.29, 0.717) is 18.8 Å². The smallest absolute Gasteiger partial charge is 0.382 e. The van der Waals surface area contributed by atoms with Crippen molar-refractivity contribution in [2.24, 2.45) is 17.1 Å². The SMILES string of the molecule is CC1CCC(CN)(C(=O)NCC(O)C(F)(F)F)CC1. The minimum atomic E-state index is -4.72. The predicted octanol–water partition coefficient (Wildman–Crippen LogP) is 1.18. The van der Waals surface area contributed by atoms with E-state index in [-0.39, 0.29) is 6.54 Å². The Hall–Kier alpha value is -0.820. The van der Waals surface area contributed by atoms with Crippen LogP contribution in [0.15, 0.2) is 0 Å². The first kappa shape index (κ1) is 16.2. The highest BCUT2D eigenvalue weighted by atomic mass is 19.4. The van der Waals surface area contributed by atoms with Gasteiger partial charge >= 0.3 is 6.18 Å². The number of carbonyl (C=O) groups is 1. The molecule has 19 heavy (non-hydrogen) atoms. The zero-order valence-electron chi connectivity index (χ0n) is 11.0. The van der Waals surface area contributed by atoms with Crippen LogP contribution in [0.2, 0.25) is 0 Å². The summed E-state index contributed by atoms with van der Waals surface area (Å²) < 4.78 is 36.4. The summed E-state index contributed by atoms with van der Waals surface area (Å²) >= 11 is 0. The average molecular weight is 282 g/mol. The lowest BCUT2D eigenvalue weighted by molar-refractivity contribution is -0.202. The molecule has 0 saturated heterocycles. The van der Waals surface area contributed by atoms with Crippen molar-refractivity contribution in [1.82, 2.24) is 5.32 Å². The third kappa shape index (κ3) is 4.07. The molecule has 1 unspecified atom stereocenters. The molecule has 1 aliphatic rings. The van der Waals surface area contributed by atoms with Gasteiger partial charge in [0, 0.05) is 6.54 Å². The third-order valence-electron chi connectivity index (χ3n) is 3.94. The highest BCUT2D eigenvalue weighted by Crippen LogP contribution is 2.38. The second kappa shape index (κ2) is 6.09. The van der Waals surface area contributed by atoms with Gasteiger partial charge in [-0.05, 0) is 31.6 Å². The lowest BCUT2D eigenvalue weighted by Gasteiger charge is -2.37. The Morgan fingerprint density at radius 3 is 2.42 bits per heavy atom. The van der Waals surface area contributed by atoms with E-state index >= 15 is 0 Å². The maximum absolute atomic E-state index is 12.1. The largest absolute Gasteiger partial charge is 0.416 e.